The fourth-order valence-electron chi connectivity index (χ4n) is 8.50. The van der Waals surface area contributed by atoms with Crippen molar-refractivity contribution in [1.82, 2.24) is 50.2 Å². The van der Waals surface area contributed by atoms with Crippen LogP contribution in [0.25, 0.3) is 0 Å². The third-order valence-corrected chi connectivity index (χ3v) is 13.3. The summed E-state index contributed by atoms with van der Waals surface area (Å²) in [6, 6.07) is 6.78. The largest absolute Gasteiger partial charge is 0.418 e. The molecular weight excluding hydrogens is 1000 g/mol. The number of nitrogens with zero attached hydrogens (tertiary/aromatic N) is 8. The quantitative estimate of drug-likeness (QED) is 0.0297. The van der Waals surface area contributed by atoms with Crippen molar-refractivity contribution in [3.05, 3.63) is 77.2 Å². The van der Waals surface area contributed by atoms with Crippen molar-refractivity contribution >= 4 is 75.5 Å². The number of aryl methyl sites for hydroxylation is 1. The molecule has 2 aromatic rings. The minimum Gasteiger partial charge on any atom is -0.396 e. The van der Waals surface area contributed by atoms with E-state index in [1.807, 2.05) is 33.8 Å². The number of rotatable bonds is 21. The summed E-state index contributed by atoms with van der Waals surface area (Å²) in [4.78, 5) is 78.3. The Morgan fingerprint density at radius 2 is 1.42 bits per heavy atom. The maximum atomic E-state index is 12.9. The Kier molecular flexibility index (Phi) is 34.3. The van der Waals surface area contributed by atoms with Crippen molar-refractivity contribution in [2.45, 2.75) is 144 Å². The lowest BCUT2D eigenvalue weighted by atomic mass is 10.1. The number of carbonyl (C=O) groups excluding carboxylic acids is 5. The molecule has 4 aliphatic rings. The zero-order valence-corrected chi connectivity index (χ0v) is 48.5. The van der Waals surface area contributed by atoms with Gasteiger partial charge in [0.25, 0.3) is 18.0 Å². The fourth-order valence-corrected chi connectivity index (χ4v) is 8.85. The molecule has 422 valence electrons. The normalized spacial score (nSPS) is 16.1. The van der Waals surface area contributed by atoms with Crippen LogP contribution in [0, 0.1) is 6.92 Å². The van der Waals surface area contributed by atoms with Crippen LogP contribution < -0.4 is 31.3 Å². The van der Waals surface area contributed by atoms with Crippen LogP contribution in [0.2, 0.25) is 0 Å². The third-order valence-electron chi connectivity index (χ3n) is 12.9. The molecule has 1 aromatic heterocycles. The molecule has 1 atom stereocenters. The lowest BCUT2D eigenvalue weighted by molar-refractivity contribution is -0.129. The number of imide groups is 2. The summed E-state index contributed by atoms with van der Waals surface area (Å²) in [5.74, 6) is -0.996. The molecule has 0 aliphatic carbocycles. The average Bonchev–Trinajstić information content (AvgIpc) is 3.48. The number of thiocarbonyl (C=S) groups is 1. The number of unbranched alkanes of at least 4 members (excludes halogenated alkanes) is 10. The number of carbonyl (C=O) groups is 5. The first-order valence-electron chi connectivity index (χ1n) is 27.3. The van der Waals surface area contributed by atoms with Gasteiger partial charge in [0.2, 0.25) is 17.7 Å². The van der Waals surface area contributed by atoms with E-state index in [-0.39, 0.29) is 34.4 Å². The molecule has 20 heteroatoms. The number of aliphatic hydroxyl groups excluding tert-OH is 1. The summed E-state index contributed by atoms with van der Waals surface area (Å²) in [6.45, 7) is 21.2. The number of anilines is 1. The summed E-state index contributed by atoms with van der Waals surface area (Å²) in [5, 5.41) is 16.4. The molecule has 1 unspecified atom stereocenters. The van der Waals surface area contributed by atoms with Gasteiger partial charge in [-0.25, -0.2) is 9.97 Å². The Labute approximate surface area is 464 Å². The van der Waals surface area contributed by atoms with Gasteiger partial charge in [-0.15, -0.1) is 0 Å². The third kappa shape index (κ3) is 27.1. The predicted molar refractivity (Wildman–Crippen MR) is 312 cm³/mol. The van der Waals surface area contributed by atoms with Gasteiger partial charge in [0.05, 0.1) is 17.5 Å². The number of aliphatic hydroxyl groups is 1. The van der Waals surface area contributed by atoms with Crippen LogP contribution >= 0.6 is 23.8 Å². The molecule has 76 heavy (non-hydrogen) atoms. The summed E-state index contributed by atoms with van der Waals surface area (Å²) >= 11 is 10.4. The summed E-state index contributed by atoms with van der Waals surface area (Å²) in [5.41, 5.74) is 8.46. The Hall–Kier alpha value is -5.40. The van der Waals surface area contributed by atoms with Crippen molar-refractivity contribution < 1.29 is 29.1 Å². The van der Waals surface area contributed by atoms with Gasteiger partial charge in [-0.3, -0.25) is 34.2 Å². The molecule has 5 amide bonds. The molecule has 5 heterocycles. The van der Waals surface area contributed by atoms with E-state index in [1.54, 1.807) is 43.7 Å². The SMILES string of the molecule is CC.CC(=O)NC(=O)CCC(C)N1C(=O)c2ccc(N3CCN(C)CC3)cc2C1=O.CC1=C(NC(=O)/C=C/NC(N)=S)C(Cl)=[N+]=CC1.CN1CCCN(CCCCCCCCCCCCCO)CC1.Cc1ncccn1. The molecule has 2 saturated heterocycles. The topological polar surface area (TPSA) is 224 Å². The number of amides is 5. The average molecular weight is 1090 g/mol. The van der Waals surface area contributed by atoms with Crippen LogP contribution in [-0.4, -0.2) is 166 Å². The van der Waals surface area contributed by atoms with Gasteiger partial charge in [-0.1, -0.05) is 76.3 Å². The number of likely N-dealkylation sites (N-methyl/N-ethyl adjacent to an activating group) is 2. The molecule has 0 bridgehead atoms. The smallest absolute Gasteiger partial charge is 0.396 e. The van der Waals surface area contributed by atoms with Gasteiger partial charge in [0.1, 0.15) is 11.5 Å². The minimum absolute atomic E-state index is 0.0701. The number of hydrogen-bond donors (Lipinski definition) is 5. The molecule has 6 rings (SSSR count). The summed E-state index contributed by atoms with van der Waals surface area (Å²) in [6.07, 6.45) is 24.9. The van der Waals surface area contributed by atoms with E-state index in [0.29, 0.717) is 36.3 Å². The van der Waals surface area contributed by atoms with Crippen LogP contribution in [0.5, 0.6) is 0 Å². The predicted octanol–water partition coefficient (Wildman–Crippen LogP) is 6.49. The second-order valence-corrected chi connectivity index (χ2v) is 20.0. The van der Waals surface area contributed by atoms with Gasteiger partial charge >= 0.3 is 5.17 Å². The molecule has 0 radical (unpaired) electrons. The van der Waals surface area contributed by atoms with Gasteiger partial charge in [-0.2, -0.15) is 0 Å². The van der Waals surface area contributed by atoms with Gasteiger partial charge in [-0.05, 0) is 122 Å². The van der Waals surface area contributed by atoms with Crippen molar-refractivity contribution in [3.63, 3.8) is 0 Å². The van der Waals surface area contributed by atoms with E-state index in [1.165, 1.54) is 127 Å². The first-order chi connectivity index (χ1) is 36.5. The highest BCUT2D eigenvalue weighted by molar-refractivity contribution is 7.80. The molecule has 0 saturated carbocycles. The van der Waals surface area contributed by atoms with Crippen LogP contribution in [0.15, 0.2) is 60.2 Å². The number of aromatic nitrogens is 2. The molecule has 2 fully saturated rings. The zero-order chi connectivity index (χ0) is 56.3. The van der Waals surface area contributed by atoms with Gasteiger partial charge in [0.15, 0.2) is 5.11 Å². The van der Waals surface area contributed by atoms with Gasteiger partial charge in [0, 0.05) is 107 Å². The first kappa shape index (κ1) is 66.7. The molecule has 0 spiro atoms. The summed E-state index contributed by atoms with van der Waals surface area (Å²) < 4.78 is 3.93. The standard InChI is InChI=1S/C20H26N4O4.C19H40N2O.C10H11ClN4OS.C5H6N2.C2H6/c1-13(4-7-18(26)21-14(2)25)24-19(27)16-6-5-15(12-17(16)20(24)28)23-10-8-22(3)9-11-23;1-20-14-13-16-21(18-17-20)15-11-9-7-5-3-2-4-6-8-10-12-19-22;1-6-2-4-13-9(11)8(6)15-7(16)3-5-14-10(12)17;1-5-6-3-2-4-7-5;1-2/h5-6,12-13H,4,7-11H2,1-3H3,(H,21,25,26);22H,2-19H2,1H3;3-5H,2H2,1H3,(H3-,12,14,15,16,17);2-4H,1H3;1-2H3/p+1. The molecule has 1 aromatic carbocycles. The Morgan fingerprint density at radius 3 is 1.99 bits per heavy atom. The zero-order valence-electron chi connectivity index (χ0n) is 46.9. The van der Waals surface area contributed by atoms with Crippen LogP contribution in [0.4, 0.5) is 5.69 Å². The van der Waals surface area contributed by atoms with E-state index >= 15 is 0 Å². The maximum absolute atomic E-state index is 12.9. The number of piperazine rings is 1. The second kappa shape index (κ2) is 39.0. The van der Waals surface area contributed by atoms with Crippen molar-refractivity contribution in [1.29, 1.82) is 0 Å². The molecule has 18 nitrogen and oxygen atoms in total. The Balaban J connectivity index is 0.000000368. The second-order valence-electron chi connectivity index (χ2n) is 19.2. The number of nitrogens with one attached hydrogen (secondary N) is 3. The Morgan fingerprint density at radius 1 is 0.842 bits per heavy atom. The molecular formula is C56H90ClN12O6S+. The van der Waals surface area contributed by atoms with E-state index in [0.717, 1.165) is 49.7 Å². The highest BCUT2D eigenvalue weighted by Crippen LogP contribution is 2.30. The maximum Gasteiger partial charge on any atom is 0.418 e. The first-order valence-corrected chi connectivity index (χ1v) is 28.1. The van der Waals surface area contributed by atoms with E-state index in [9.17, 15) is 24.0 Å². The van der Waals surface area contributed by atoms with Crippen LogP contribution in [-0.2, 0) is 14.4 Å². The van der Waals surface area contributed by atoms with E-state index < -0.39 is 17.9 Å². The van der Waals surface area contributed by atoms with Gasteiger partial charge < -0.3 is 41.1 Å². The van der Waals surface area contributed by atoms with Crippen molar-refractivity contribution in [2.24, 2.45) is 5.73 Å². The Bertz CT molecular complexity index is 2230. The fraction of sp³-hybridized carbons (Fsp3) is 0.607. The van der Waals surface area contributed by atoms with Crippen molar-refractivity contribution in [2.75, 3.05) is 84.5 Å². The monoisotopic (exact) mass is 1090 g/mol. The highest BCUT2D eigenvalue weighted by Gasteiger charge is 2.39. The molecule has 4 aliphatic heterocycles. The molecule has 6 N–H and O–H groups in total. The van der Waals surface area contributed by atoms with Crippen molar-refractivity contribution in [3.8, 4) is 0 Å². The van der Waals surface area contributed by atoms with Crippen LogP contribution in [0.3, 0.4) is 0 Å². The number of benzene rings is 1. The number of nitrogens with two attached hydrogens (primary N) is 1. The number of allylic oxidation sites excluding steroid dienone is 2. The highest BCUT2D eigenvalue weighted by atomic mass is 35.5. The number of fused-ring (bicyclic) bond motifs is 1. The lowest BCUT2D eigenvalue weighted by Gasteiger charge is -2.34. The summed E-state index contributed by atoms with van der Waals surface area (Å²) in [7, 11) is 4.33. The van der Waals surface area contributed by atoms with E-state index in [2.05, 4.69) is 76.5 Å². The lowest BCUT2D eigenvalue weighted by Crippen LogP contribution is -2.44. The number of hydrogen-bond acceptors (Lipinski definition) is 13. The number of halogens is 1. The van der Waals surface area contributed by atoms with E-state index in [4.69, 9.17) is 22.4 Å². The minimum atomic E-state index is -0.433. The van der Waals surface area contributed by atoms with Crippen LogP contribution in [0.1, 0.15) is 157 Å².